The van der Waals surface area contributed by atoms with Crippen LogP contribution in [-0.4, -0.2) is 70.0 Å². The molecule has 25 heavy (non-hydrogen) atoms. The number of nitrogens with one attached hydrogen (secondary N) is 1. The summed E-state index contributed by atoms with van der Waals surface area (Å²) in [4.78, 5) is 16.8. The van der Waals surface area contributed by atoms with Crippen LogP contribution >= 0.6 is 0 Å². The summed E-state index contributed by atoms with van der Waals surface area (Å²) in [6.45, 7) is 6.11. The second kappa shape index (κ2) is 9.17. The van der Waals surface area contributed by atoms with Gasteiger partial charge in [0.2, 0.25) is 5.91 Å². The van der Waals surface area contributed by atoms with Gasteiger partial charge in [-0.3, -0.25) is 4.79 Å². The summed E-state index contributed by atoms with van der Waals surface area (Å²) in [6, 6.07) is 8.31. The second-order valence-electron chi connectivity index (χ2n) is 6.85. The summed E-state index contributed by atoms with van der Waals surface area (Å²) in [5.41, 5.74) is 2.37. The van der Waals surface area contributed by atoms with E-state index in [1.165, 1.54) is 5.69 Å². The number of carbonyl (C=O) groups excluding carboxylic acids is 1. The van der Waals surface area contributed by atoms with Gasteiger partial charge in [-0.25, -0.2) is 0 Å². The molecule has 1 unspecified atom stereocenters. The second-order valence-corrected chi connectivity index (χ2v) is 6.85. The maximum Gasteiger partial charge on any atom is 0.246 e. The van der Waals surface area contributed by atoms with Crippen molar-refractivity contribution in [2.45, 2.75) is 25.5 Å². The molecule has 3 rings (SSSR count). The number of likely N-dealkylation sites (N-methyl/N-ethyl adjacent to an activating group) is 1. The number of ether oxygens (including phenoxy) is 2. The van der Waals surface area contributed by atoms with Gasteiger partial charge in [0, 0.05) is 45.0 Å². The van der Waals surface area contributed by atoms with Crippen LogP contribution in [0.15, 0.2) is 24.3 Å². The smallest absolute Gasteiger partial charge is 0.246 e. The summed E-state index contributed by atoms with van der Waals surface area (Å²) in [5, 5.41) is 2.97. The molecule has 0 saturated carbocycles. The zero-order valence-electron chi connectivity index (χ0n) is 15.1. The highest BCUT2D eigenvalue weighted by molar-refractivity contribution is 5.77. The van der Waals surface area contributed by atoms with E-state index in [-0.39, 0.29) is 18.6 Å². The van der Waals surface area contributed by atoms with Gasteiger partial charge in [-0.15, -0.1) is 0 Å². The summed E-state index contributed by atoms with van der Waals surface area (Å²) < 4.78 is 11.0. The monoisotopic (exact) mass is 347 g/mol. The predicted octanol–water partition coefficient (Wildman–Crippen LogP) is 1.25. The van der Waals surface area contributed by atoms with E-state index in [1.807, 2.05) is 6.07 Å². The average Bonchev–Trinajstić information content (AvgIpc) is 3.14. The highest BCUT2D eigenvalue weighted by Crippen LogP contribution is 2.21. The molecule has 2 heterocycles. The Bertz CT molecular complexity index is 553. The first-order valence-electron chi connectivity index (χ1n) is 9.20. The Morgan fingerprint density at radius 3 is 2.84 bits per heavy atom. The van der Waals surface area contributed by atoms with Crippen molar-refractivity contribution in [2.75, 3.05) is 57.9 Å². The van der Waals surface area contributed by atoms with E-state index in [1.54, 1.807) is 0 Å². The van der Waals surface area contributed by atoms with Crippen molar-refractivity contribution < 1.29 is 14.3 Å². The molecular formula is C19H29N3O3. The molecule has 1 N–H and O–H groups in total. The summed E-state index contributed by atoms with van der Waals surface area (Å²) in [5.74, 6) is -0.0776. The molecule has 0 spiro atoms. The number of hydrogen-bond donors (Lipinski definition) is 1. The van der Waals surface area contributed by atoms with Crippen molar-refractivity contribution in [3.05, 3.63) is 29.8 Å². The molecule has 2 aliphatic heterocycles. The van der Waals surface area contributed by atoms with Gasteiger partial charge in [0.25, 0.3) is 0 Å². The summed E-state index contributed by atoms with van der Waals surface area (Å²) in [6.07, 6.45) is 2.27. The van der Waals surface area contributed by atoms with E-state index in [9.17, 15) is 4.79 Å². The van der Waals surface area contributed by atoms with Crippen LogP contribution in [0.1, 0.15) is 18.4 Å². The van der Waals surface area contributed by atoms with Crippen LogP contribution in [-0.2, 0) is 20.8 Å². The maximum absolute atomic E-state index is 12.0. The fraction of sp³-hybridized carbons (Fsp3) is 0.632. The van der Waals surface area contributed by atoms with Gasteiger partial charge >= 0.3 is 0 Å². The molecule has 1 aromatic rings. The molecule has 0 radical (unpaired) electrons. The number of nitrogens with zero attached hydrogens (tertiary/aromatic N) is 2. The first-order valence-corrected chi connectivity index (χ1v) is 9.20. The van der Waals surface area contributed by atoms with Crippen LogP contribution in [0.4, 0.5) is 5.69 Å². The number of piperazine rings is 1. The van der Waals surface area contributed by atoms with Gasteiger partial charge in [0.1, 0.15) is 6.61 Å². The molecule has 6 nitrogen and oxygen atoms in total. The highest BCUT2D eigenvalue weighted by atomic mass is 16.5. The first-order chi connectivity index (χ1) is 12.2. The summed E-state index contributed by atoms with van der Waals surface area (Å²) >= 11 is 0. The van der Waals surface area contributed by atoms with E-state index in [0.717, 1.165) is 51.2 Å². The van der Waals surface area contributed by atoms with Crippen molar-refractivity contribution in [3.8, 4) is 0 Å². The SMILES string of the molecule is CN1CCN(c2ccccc2CNC(=O)COCC2CCCO2)CC1. The Morgan fingerprint density at radius 1 is 1.28 bits per heavy atom. The lowest BCUT2D eigenvalue weighted by molar-refractivity contribution is -0.127. The topological polar surface area (TPSA) is 54.0 Å². The van der Waals surface area contributed by atoms with Crippen LogP contribution in [0.5, 0.6) is 0 Å². The van der Waals surface area contributed by atoms with Gasteiger partial charge in [-0.2, -0.15) is 0 Å². The first kappa shape index (κ1) is 18.2. The van der Waals surface area contributed by atoms with E-state index in [4.69, 9.17) is 9.47 Å². The Morgan fingerprint density at radius 2 is 2.08 bits per heavy atom. The van der Waals surface area contributed by atoms with Gasteiger partial charge in [-0.05, 0) is 31.5 Å². The van der Waals surface area contributed by atoms with Crippen LogP contribution in [0.3, 0.4) is 0 Å². The molecule has 1 aromatic carbocycles. The van der Waals surface area contributed by atoms with Crippen molar-refractivity contribution in [2.24, 2.45) is 0 Å². The van der Waals surface area contributed by atoms with E-state index in [2.05, 4.69) is 40.4 Å². The fourth-order valence-electron chi connectivity index (χ4n) is 3.32. The molecule has 138 valence electrons. The molecule has 0 bridgehead atoms. The third-order valence-electron chi connectivity index (χ3n) is 4.87. The minimum absolute atomic E-state index is 0.0776. The maximum atomic E-state index is 12.0. The van der Waals surface area contributed by atoms with Crippen LogP contribution in [0.25, 0.3) is 0 Å². The molecular weight excluding hydrogens is 318 g/mol. The quantitative estimate of drug-likeness (QED) is 0.805. The Balaban J connectivity index is 1.45. The van der Waals surface area contributed by atoms with E-state index >= 15 is 0 Å². The number of benzene rings is 1. The van der Waals surface area contributed by atoms with Crippen LogP contribution < -0.4 is 10.2 Å². The minimum Gasteiger partial charge on any atom is -0.376 e. The zero-order chi connectivity index (χ0) is 17.5. The van der Waals surface area contributed by atoms with E-state index in [0.29, 0.717) is 13.2 Å². The molecule has 2 aliphatic rings. The van der Waals surface area contributed by atoms with Crippen LogP contribution in [0.2, 0.25) is 0 Å². The molecule has 2 saturated heterocycles. The summed E-state index contributed by atoms with van der Waals surface area (Å²) in [7, 11) is 2.15. The lowest BCUT2D eigenvalue weighted by Gasteiger charge is -2.35. The van der Waals surface area contributed by atoms with Crippen molar-refractivity contribution in [1.29, 1.82) is 0 Å². The normalized spacial score (nSPS) is 21.5. The number of carbonyl (C=O) groups is 1. The number of amides is 1. The number of anilines is 1. The van der Waals surface area contributed by atoms with Crippen molar-refractivity contribution in [3.63, 3.8) is 0 Å². The number of rotatable bonds is 7. The van der Waals surface area contributed by atoms with Crippen molar-refractivity contribution >= 4 is 11.6 Å². The Kier molecular flexibility index (Phi) is 6.67. The van der Waals surface area contributed by atoms with Gasteiger partial charge in [-0.1, -0.05) is 18.2 Å². The molecule has 6 heteroatoms. The van der Waals surface area contributed by atoms with Crippen LogP contribution in [0, 0.1) is 0 Å². The molecule has 1 atom stereocenters. The lowest BCUT2D eigenvalue weighted by Crippen LogP contribution is -2.45. The predicted molar refractivity (Wildman–Crippen MR) is 97.8 cm³/mol. The van der Waals surface area contributed by atoms with Crippen molar-refractivity contribution in [1.82, 2.24) is 10.2 Å². The Labute approximate surface area is 150 Å². The third-order valence-corrected chi connectivity index (χ3v) is 4.87. The van der Waals surface area contributed by atoms with Gasteiger partial charge in [0.15, 0.2) is 0 Å². The van der Waals surface area contributed by atoms with E-state index < -0.39 is 0 Å². The largest absolute Gasteiger partial charge is 0.376 e. The number of hydrogen-bond acceptors (Lipinski definition) is 5. The minimum atomic E-state index is -0.0776. The third kappa shape index (κ3) is 5.42. The van der Waals surface area contributed by atoms with Gasteiger partial charge in [0.05, 0.1) is 12.7 Å². The van der Waals surface area contributed by atoms with Gasteiger partial charge < -0.3 is 24.6 Å². The average molecular weight is 347 g/mol. The number of para-hydroxylation sites is 1. The fourth-order valence-corrected chi connectivity index (χ4v) is 3.32. The molecule has 1 amide bonds. The molecule has 0 aromatic heterocycles. The zero-order valence-corrected chi connectivity index (χ0v) is 15.1. The Hall–Kier alpha value is -1.63. The molecule has 2 fully saturated rings. The lowest BCUT2D eigenvalue weighted by atomic mass is 10.1. The highest BCUT2D eigenvalue weighted by Gasteiger charge is 2.18. The molecule has 0 aliphatic carbocycles. The standard InChI is InChI=1S/C19H29N3O3/c1-21-8-10-22(11-9-21)18-7-3-2-5-16(18)13-20-19(23)15-24-14-17-6-4-12-25-17/h2-3,5,7,17H,4,6,8-15H2,1H3,(H,20,23).